The number of hydrogen-bond donors (Lipinski definition) is 4. The van der Waals surface area contributed by atoms with Crippen LogP contribution in [0.3, 0.4) is 0 Å². The Kier molecular flexibility index (Phi) is 11.0. The van der Waals surface area contributed by atoms with Gasteiger partial charge in [0.15, 0.2) is 0 Å². The normalized spacial score (nSPS) is 27.8. The van der Waals surface area contributed by atoms with Crippen LogP contribution in [0.2, 0.25) is 0 Å². The number of rotatable bonds is 13. The zero-order valence-corrected chi connectivity index (χ0v) is 15.5. The average molecular weight is 357 g/mol. The maximum absolute atomic E-state index is 10.5. The van der Waals surface area contributed by atoms with Gasteiger partial charge in [0.25, 0.3) is 0 Å². The van der Waals surface area contributed by atoms with Crippen LogP contribution in [0.4, 0.5) is 0 Å². The second kappa shape index (κ2) is 12.4. The summed E-state index contributed by atoms with van der Waals surface area (Å²) in [5.41, 5.74) is 0. The summed E-state index contributed by atoms with van der Waals surface area (Å²) in [4.78, 5) is 10.5. The molecule has 0 spiro atoms. The van der Waals surface area contributed by atoms with Crippen LogP contribution in [0.15, 0.2) is 12.2 Å². The molecule has 25 heavy (non-hydrogen) atoms. The van der Waals surface area contributed by atoms with E-state index in [-0.39, 0.29) is 18.3 Å². The van der Waals surface area contributed by atoms with Gasteiger partial charge < -0.3 is 20.4 Å². The maximum atomic E-state index is 10.5. The van der Waals surface area contributed by atoms with Gasteiger partial charge in [-0.05, 0) is 25.2 Å². The molecule has 5 atom stereocenters. The van der Waals surface area contributed by atoms with Crippen LogP contribution < -0.4 is 0 Å². The zero-order chi connectivity index (χ0) is 18.7. The molecule has 5 heteroatoms. The monoisotopic (exact) mass is 356 g/mol. The lowest BCUT2D eigenvalue weighted by molar-refractivity contribution is -0.137. The first-order chi connectivity index (χ1) is 12.0. The Labute approximate surface area is 151 Å². The standard InChI is InChI=1S/C20H36O5/c1-2-3-6-9-15(21)12-13-17-16(18(22)14-19(17)23)10-7-4-5-8-11-20(24)25/h12-13,15-19,21-23H,2-11,14H2,1H3,(H,24,25)/t15?,16-,17-,18?,19?/m1/s1. The van der Waals surface area contributed by atoms with Crippen molar-refractivity contribution in [2.24, 2.45) is 11.8 Å². The molecule has 1 aliphatic carbocycles. The van der Waals surface area contributed by atoms with Gasteiger partial charge in [-0.1, -0.05) is 57.6 Å². The predicted molar refractivity (Wildman–Crippen MR) is 98.2 cm³/mol. The lowest BCUT2D eigenvalue weighted by atomic mass is 9.88. The molecular formula is C20H36O5. The first kappa shape index (κ1) is 22.1. The molecule has 0 aliphatic heterocycles. The third-order valence-electron chi connectivity index (χ3n) is 5.25. The summed E-state index contributed by atoms with van der Waals surface area (Å²) in [5.74, 6) is -0.833. The minimum atomic E-state index is -0.753. The van der Waals surface area contributed by atoms with Crippen LogP contribution in [-0.2, 0) is 4.79 Å². The van der Waals surface area contributed by atoms with Crippen LogP contribution in [0, 0.1) is 11.8 Å². The Morgan fingerprint density at radius 2 is 1.80 bits per heavy atom. The first-order valence-corrected chi connectivity index (χ1v) is 9.90. The molecule has 0 aromatic heterocycles. The van der Waals surface area contributed by atoms with Crippen molar-refractivity contribution in [2.45, 2.75) is 95.9 Å². The van der Waals surface area contributed by atoms with E-state index in [0.29, 0.717) is 12.8 Å². The zero-order valence-electron chi connectivity index (χ0n) is 15.5. The highest BCUT2D eigenvalue weighted by atomic mass is 16.4. The van der Waals surface area contributed by atoms with Crippen molar-refractivity contribution in [2.75, 3.05) is 0 Å². The maximum Gasteiger partial charge on any atom is 0.303 e. The van der Waals surface area contributed by atoms with Gasteiger partial charge in [0.2, 0.25) is 0 Å². The van der Waals surface area contributed by atoms with E-state index in [1.807, 2.05) is 6.08 Å². The molecule has 0 heterocycles. The Hall–Kier alpha value is -0.910. The van der Waals surface area contributed by atoms with Crippen LogP contribution in [0.1, 0.15) is 77.6 Å². The minimum absolute atomic E-state index is 0.0218. The second-order valence-corrected chi connectivity index (χ2v) is 7.41. The van der Waals surface area contributed by atoms with Crippen molar-refractivity contribution < 1.29 is 25.2 Å². The molecule has 0 bridgehead atoms. The van der Waals surface area contributed by atoms with Crippen LogP contribution in [0.5, 0.6) is 0 Å². The summed E-state index contributed by atoms with van der Waals surface area (Å²) in [5, 5.41) is 39.0. The van der Waals surface area contributed by atoms with Gasteiger partial charge in [0.05, 0.1) is 18.3 Å². The summed E-state index contributed by atoms with van der Waals surface area (Å²) in [6.07, 6.45) is 11.0. The van der Waals surface area contributed by atoms with Gasteiger partial charge in [0, 0.05) is 18.8 Å². The lowest BCUT2D eigenvalue weighted by Gasteiger charge is -2.21. The molecule has 4 N–H and O–H groups in total. The minimum Gasteiger partial charge on any atom is -0.481 e. The van der Waals surface area contributed by atoms with Crippen molar-refractivity contribution in [1.82, 2.24) is 0 Å². The Morgan fingerprint density at radius 3 is 2.48 bits per heavy atom. The van der Waals surface area contributed by atoms with Crippen molar-refractivity contribution in [3.05, 3.63) is 12.2 Å². The van der Waals surface area contributed by atoms with Crippen molar-refractivity contribution in [1.29, 1.82) is 0 Å². The van der Waals surface area contributed by atoms with Gasteiger partial charge in [-0.15, -0.1) is 0 Å². The fourth-order valence-corrected chi connectivity index (χ4v) is 3.74. The SMILES string of the molecule is CCCCCC(O)C=C[C@H]1C(O)CC(O)[C@@H]1CCCCCCC(=O)O. The third kappa shape index (κ3) is 8.84. The van der Waals surface area contributed by atoms with E-state index in [9.17, 15) is 20.1 Å². The molecule has 5 nitrogen and oxygen atoms in total. The number of hydrogen-bond acceptors (Lipinski definition) is 4. The molecule has 0 aromatic rings. The number of aliphatic hydroxyl groups excluding tert-OH is 3. The third-order valence-corrected chi connectivity index (χ3v) is 5.25. The number of aliphatic carboxylic acids is 1. The van der Waals surface area contributed by atoms with Gasteiger partial charge in [-0.25, -0.2) is 0 Å². The molecule has 1 fully saturated rings. The summed E-state index contributed by atoms with van der Waals surface area (Å²) in [6, 6.07) is 0. The fourth-order valence-electron chi connectivity index (χ4n) is 3.74. The highest BCUT2D eigenvalue weighted by Gasteiger charge is 2.39. The van der Waals surface area contributed by atoms with E-state index >= 15 is 0 Å². The second-order valence-electron chi connectivity index (χ2n) is 7.41. The molecule has 1 rings (SSSR count). The van der Waals surface area contributed by atoms with Crippen molar-refractivity contribution in [3.8, 4) is 0 Å². The largest absolute Gasteiger partial charge is 0.481 e. The molecular weight excluding hydrogens is 320 g/mol. The van der Waals surface area contributed by atoms with Crippen LogP contribution >= 0.6 is 0 Å². The van der Waals surface area contributed by atoms with Gasteiger partial charge in [0.1, 0.15) is 0 Å². The van der Waals surface area contributed by atoms with E-state index in [1.165, 1.54) is 0 Å². The molecule has 1 aliphatic rings. The van der Waals surface area contributed by atoms with Gasteiger partial charge in [-0.3, -0.25) is 4.79 Å². The summed E-state index contributed by atoms with van der Waals surface area (Å²) in [6.45, 7) is 2.13. The van der Waals surface area contributed by atoms with Crippen molar-refractivity contribution in [3.63, 3.8) is 0 Å². The molecule has 0 aromatic carbocycles. The summed E-state index contributed by atoms with van der Waals surface area (Å²) >= 11 is 0. The van der Waals surface area contributed by atoms with E-state index in [4.69, 9.17) is 5.11 Å². The fraction of sp³-hybridized carbons (Fsp3) is 0.850. The Morgan fingerprint density at radius 1 is 1.08 bits per heavy atom. The topological polar surface area (TPSA) is 98.0 Å². The Balaban J connectivity index is 2.38. The Bertz CT molecular complexity index is 396. The number of carboxylic acids is 1. The van der Waals surface area contributed by atoms with E-state index < -0.39 is 24.3 Å². The van der Waals surface area contributed by atoms with Crippen molar-refractivity contribution >= 4 is 5.97 Å². The lowest BCUT2D eigenvalue weighted by Crippen LogP contribution is -2.21. The summed E-state index contributed by atoms with van der Waals surface area (Å²) < 4.78 is 0. The predicted octanol–water partition coefficient (Wildman–Crippen LogP) is 3.27. The number of unbranched alkanes of at least 4 members (excludes halogenated alkanes) is 5. The number of aliphatic hydroxyl groups is 3. The molecule has 1 saturated carbocycles. The molecule has 0 amide bonds. The van der Waals surface area contributed by atoms with Crippen LogP contribution in [0.25, 0.3) is 0 Å². The average Bonchev–Trinajstić information content (AvgIpc) is 2.82. The van der Waals surface area contributed by atoms with E-state index in [0.717, 1.165) is 51.4 Å². The molecule has 0 radical (unpaired) electrons. The molecule has 146 valence electrons. The van der Waals surface area contributed by atoms with E-state index in [2.05, 4.69) is 6.92 Å². The quantitative estimate of drug-likeness (QED) is 0.300. The summed E-state index contributed by atoms with van der Waals surface area (Å²) in [7, 11) is 0. The molecule has 0 saturated heterocycles. The highest BCUT2D eigenvalue weighted by Crippen LogP contribution is 2.37. The molecule has 3 unspecified atom stereocenters. The first-order valence-electron chi connectivity index (χ1n) is 9.90. The van der Waals surface area contributed by atoms with Gasteiger partial charge in [-0.2, -0.15) is 0 Å². The smallest absolute Gasteiger partial charge is 0.303 e. The number of carbonyl (C=O) groups is 1. The van der Waals surface area contributed by atoms with Gasteiger partial charge >= 0.3 is 5.97 Å². The highest BCUT2D eigenvalue weighted by molar-refractivity contribution is 5.66. The number of carboxylic acid groups (broad SMARTS) is 1. The van der Waals surface area contributed by atoms with Crippen LogP contribution in [-0.4, -0.2) is 44.7 Å². The van der Waals surface area contributed by atoms with E-state index in [1.54, 1.807) is 6.08 Å².